The normalized spacial score (nSPS) is 27.0. The second-order valence-corrected chi connectivity index (χ2v) is 6.49. The Bertz CT molecular complexity index is 443. The van der Waals surface area contributed by atoms with Crippen molar-refractivity contribution in [1.29, 1.82) is 0 Å². The van der Waals surface area contributed by atoms with Gasteiger partial charge in [-0.05, 0) is 33.6 Å². The van der Waals surface area contributed by atoms with Crippen molar-refractivity contribution < 1.29 is 24.2 Å². The van der Waals surface area contributed by atoms with E-state index >= 15 is 0 Å². The topological polar surface area (TPSA) is 95.9 Å². The van der Waals surface area contributed by atoms with Crippen LogP contribution >= 0.6 is 0 Å². The minimum Gasteiger partial charge on any atom is -0.479 e. The predicted molar refractivity (Wildman–Crippen MR) is 75.8 cm³/mol. The van der Waals surface area contributed by atoms with E-state index in [0.717, 1.165) is 0 Å². The Kier molecular flexibility index (Phi) is 4.86. The quantitative estimate of drug-likeness (QED) is 0.799. The fraction of sp³-hybridized carbons (Fsp3) is 0.786. The number of carbonyl (C=O) groups is 3. The van der Waals surface area contributed by atoms with Gasteiger partial charge in [0.25, 0.3) is 0 Å². The Morgan fingerprint density at radius 1 is 1.43 bits per heavy atom. The summed E-state index contributed by atoms with van der Waals surface area (Å²) in [4.78, 5) is 37.4. The van der Waals surface area contributed by atoms with Crippen molar-refractivity contribution in [3.8, 4) is 0 Å². The maximum atomic E-state index is 12.2. The lowest BCUT2D eigenvalue weighted by Crippen LogP contribution is -2.61. The molecule has 1 aliphatic rings. The summed E-state index contributed by atoms with van der Waals surface area (Å²) in [7, 11) is 1.63. The van der Waals surface area contributed by atoms with E-state index in [4.69, 9.17) is 4.74 Å². The van der Waals surface area contributed by atoms with Crippen LogP contribution in [0.2, 0.25) is 0 Å². The molecule has 120 valence electrons. The smallest absolute Gasteiger partial charge is 0.408 e. The number of hydrogen-bond acceptors (Lipinski definition) is 4. The average molecular weight is 300 g/mol. The molecular formula is C14H24N2O5. The van der Waals surface area contributed by atoms with E-state index in [0.29, 0.717) is 13.0 Å². The van der Waals surface area contributed by atoms with Crippen LogP contribution in [0.25, 0.3) is 0 Å². The number of carbonyl (C=O) groups excluding carboxylic acids is 2. The lowest BCUT2D eigenvalue weighted by Gasteiger charge is -2.34. The molecule has 7 nitrogen and oxygen atoms in total. The van der Waals surface area contributed by atoms with Gasteiger partial charge in [-0.15, -0.1) is 0 Å². The molecule has 1 rings (SSSR count). The molecule has 1 heterocycles. The first kappa shape index (κ1) is 17.3. The van der Waals surface area contributed by atoms with Crippen LogP contribution in [-0.2, 0) is 14.3 Å². The molecule has 0 aliphatic carbocycles. The summed E-state index contributed by atoms with van der Waals surface area (Å²) >= 11 is 0. The predicted octanol–water partition coefficient (Wildman–Crippen LogP) is 1.22. The van der Waals surface area contributed by atoms with Crippen molar-refractivity contribution in [3.05, 3.63) is 0 Å². The van der Waals surface area contributed by atoms with Gasteiger partial charge in [0.2, 0.25) is 5.91 Å². The van der Waals surface area contributed by atoms with Crippen molar-refractivity contribution >= 4 is 18.0 Å². The van der Waals surface area contributed by atoms with Crippen LogP contribution in [0, 0.1) is 5.92 Å². The second kappa shape index (κ2) is 5.91. The number of nitrogens with one attached hydrogen (secondary N) is 1. The zero-order chi connectivity index (χ0) is 16.4. The van der Waals surface area contributed by atoms with Gasteiger partial charge in [-0.3, -0.25) is 4.79 Å². The maximum Gasteiger partial charge on any atom is 0.408 e. The Balaban J connectivity index is 3.05. The van der Waals surface area contributed by atoms with Crippen LogP contribution in [0.1, 0.15) is 40.5 Å². The summed E-state index contributed by atoms with van der Waals surface area (Å²) < 4.78 is 5.13. The van der Waals surface area contributed by atoms with Crippen LogP contribution in [0.3, 0.4) is 0 Å². The minimum atomic E-state index is -1.63. The summed E-state index contributed by atoms with van der Waals surface area (Å²) in [5.41, 5.74) is -2.37. The first-order valence-electron chi connectivity index (χ1n) is 6.99. The summed E-state index contributed by atoms with van der Waals surface area (Å²) in [5.74, 6) is -2.38. The van der Waals surface area contributed by atoms with Gasteiger partial charge in [0, 0.05) is 13.6 Å². The highest BCUT2D eigenvalue weighted by Gasteiger charge is 2.50. The largest absolute Gasteiger partial charge is 0.479 e. The number of carboxylic acids is 1. The lowest BCUT2D eigenvalue weighted by atomic mass is 9.81. The standard InChI is InChI=1S/C14H24N2O5/c1-9-10(17)16(5)8-6-7-14(9,11(18)19)15-12(20)21-13(2,3)4/h9H,6-8H2,1-5H3,(H,15,20)(H,18,19)/t9-,14+/m1/s1. The molecule has 2 N–H and O–H groups in total. The number of hydrogen-bond donors (Lipinski definition) is 2. The fourth-order valence-electron chi connectivity index (χ4n) is 2.47. The van der Waals surface area contributed by atoms with Crippen molar-refractivity contribution in [2.75, 3.05) is 13.6 Å². The Morgan fingerprint density at radius 3 is 2.48 bits per heavy atom. The number of likely N-dealkylation sites (tertiary alicyclic amines) is 1. The fourth-order valence-corrected chi connectivity index (χ4v) is 2.47. The first-order valence-corrected chi connectivity index (χ1v) is 6.99. The number of rotatable bonds is 2. The molecule has 0 bridgehead atoms. The molecule has 0 spiro atoms. The molecule has 1 saturated heterocycles. The molecule has 0 unspecified atom stereocenters. The molecule has 0 aromatic heterocycles. The highest BCUT2D eigenvalue weighted by molar-refractivity contribution is 5.92. The monoisotopic (exact) mass is 300 g/mol. The first-order chi connectivity index (χ1) is 9.49. The van der Waals surface area contributed by atoms with E-state index in [-0.39, 0.29) is 12.3 Å². The van der Waals surface area contributed by atoms with Crippen LogP contribution in [-0.4, -0.2) is 52.7 Å². The highest BCUT2D eigenvalue weighted by Crippen LogP contribution is 2.29. The van der Waals surface area contributed by atoms with Crippen LogP contribution in [0.4, 0.5) is 4.79 Å². The zero-order valence-corrected chi connectivity index (χ0v) is 13.2. The van der Waals surface area contributed by atoms with Gasteiger partial charge in [-0.25, -0.2) is 9.59 Å². The summed E-state index contributed by atoms with van der Waals surface area (Å²) in [6, 6.07) is 0. The van der Waals surface area contributed by atoms with Crippen molar-refractivity contribution in [3.63, 3.8) is 0 Å². The second-order valence-electron chi connectivity index (χ2n) is 6.49. The van der Waals surface area contributed by atoms with Gasteiger partial charge in [0.05, 0.1) is 5.92 Å². The van der Waals surface area contributed by atoms with E-state index < -0.39 is 29.1 Å². The van der Waals surface area contributed by atoms with Gasteiger partial charge in [-0.2, -0.15) is 0 Å². The summed E-state index contributed by atoms with van der Waals surface area (Å²) in [6.45, 7) is 7.06. The van der Waals surface area contributed by atoms with Crippen LogP contribution < -0.4 is 5.32 Å². The molecule has 0 radical (unpaired) electrons. The van der Waals surface area contributed by atoms with Gasteiger partial charge >= 0.3 is 12.1 Å². The zero-order valence-electron chi connectivity index (χ0n) is 13.2. The molecule has 7 heteroatoms. The van der Waals surface area contributed by atoms with Crippen LogP contribution in [0.5, 0.6) is 0 Å². The van der Waals surface area contributed by atoms with E-state index in [1.165, 1.54) is 11.8 Å². The molecule has 1 aliphatic heterocycles. The number of alkyl carbamates (subject to hydrolysis) is 1. The van der Waals surface area contributed by atoms with E-state index in [2.05, 4.69) is 5.32 Å². The van der Waals surface area contributed by atoms with E-state index in [9.17, 15) is 19.5 Å². The summed E-state index contributed by atoms with van der Waals surface area (Å²) in [6.07, 6.45) is -0.151. The Hall–Kier alpha value is -1.79. The number of carboxylic acid groups (broad SMARTS) is 1. The molecule has 0 saturated carbocycles. The third-order valence-corrected chi connectivity index (χ3v) is 3.66. The third kappa shape index (κ3) is 3.86. The van der Waals surface area contributed by atoms with Gasteiger partial charge in [0.15, 0.2) is 5.54 Å². The SMILES string of the molecule is C[C@@H]1C(=O)N(C)CCC[C@@]1(NC(=O)OC(C)(C)C)C(=O)O. The molecule has 2 atom stereocenters. The number of amides is 2. The minimum absolute atomic E-state index is 0.179. The van der Waals surface area contributed by atoms with E-state index in [1.54, 1.807) is 27.8 Å². The number of ether oxygens (including phenoxy) is 1. The maximum absolute atomic E-state index is 12.2. The lowest BCUT2D eigenvalue weighted by molar-refractivity contribution is -0.152. The Morgan fingerprint density at radius 2 is 2.00 bits per heavy atom. The molecule has 2 amide bonds. The number of aliphatic carboxylic acids is 1. The third-order valence-electron chi connectivity index (χ3n) is 3.66. The van der Waals surface area contributed by atoms with Gasteiger partial charge in [0.1, 0.15) is 5.60 Å². The van der Waals surface area contributed by atoms with E-state index in [1.807, 2.05) is 0 Å². The molecular weight excluding hydrogens is 276 g/mol. The Labute approximate surface area is 124 Å². The average Bonchev–Trinajstić information content (AvgIpc) is 2.41. The van der Waals surface area contributed by atoms with Gasteiger partial charge in [-0.1, -0.05) is 6.92 Å². The van der Waals surface area contributed by atoms with Crippen molar-refractivity contribution in [2.24, 2.45) is 5.92 Å². The van der Waals surface area contributed by atoms with Crippen LogP contribution in [0.15, 0.2) is 0 Å². The number of nitrogens with zero attached hydrogens (tertiary/aromatic N) is 1. The molecule has 1 fully saturated rings. The molecule has 0 aromatic rings. The van der Waals surface area contributed by atoms with Gasteiger partial charge < -0.3 is 20.1 Å². The molecule has 0 aromatic carbocycles. The molecule has 21 heavy (non-hydrogen) atoms. The van der Waals surface area contributed by atoms with Crippen molar-refractivity contribution in [1.82, 2.24) is 10.2 Å². The summed E-state index contributed by atoms with van der Waals surface area (Å²) in [5, 5.41) is 12.0. The highest BCUT2D eigenvalue weighted by atomic mass is 16.6. The van der Waals surface area contributed by atoms with Crippen molar-refractivity contribution in [2.45, 2.75) is 51.7 Å².